The fraction of sp³-hybridized carbons (Fsp3) is 0.429. The van der Waals surface area contributed by atoms with E-state index >= 15 is 0 Å². The summed E-state index contributed by atoms with van der Waals surface area (Å²) < 4.78 is 0. The minimum atomic E-state index is 0.447. The number of hydrogen-bond acceptors (Lipinski definition) is 1. The second-order valence-corrected chi connectivity index (χ2v) is 4.18. The van der Waals surface area contributed by atoms with Crippen molar-refractivity contribution in [2.24, 2.45) is 0 Å². The average Bonchev–Trinajstić information content (AvgIpc) is 2.30. The summed E-state index contributed by atoms with van der Waals surface area (Å²) in [6, 6.07) is 6.07. The van der Waals surface area contributed by atoms with E-state index in [-0.39, 0.29) is 0 Å². The van der Waals surface area contributed by atoms with E-state index in [0.717, 1.165) is 24.8 Å². The van der Waals surface area contributed by atoms with Crippen molar-refractivity contribution in [2.75, 3.05) is 0 Å². The van der Waals surface area contributed by atoms with E-state index in [1.54, 1.807) is 0 Å². The summed E-state index contributed by atoms with van der Waals surface area (Å²) in [6.45, 7) is 2.11. The molecule has 1 nitrogen and oxygen atoms in total. The number of phenols is 1. The lowest BCUT2D eigenvalue weighted by molar-refractivity contribution is 0.472. The van der Waals surface area contributed by atoms with Gasteiger partial charge in [-0.15, -0.1) is 0 Å². The van der Waals surface area contributed by atoms with Crippen LogP contribution < -0.4 is 0 Å². The zero-order chi connectivity index (χ0) is 10.7. The lowest BCUT2D eigenvalue weighted by Crippen LogP contribution is -1.93. The molecule has 0 spiro atoms. The summed E-state index contributed by atoms with van der Waals surface area (Å²) in [5.41, 5.74) is 3.56. The van der Waals surface area contributed by atoms with Crippen LogP contribution in [0.5, 0.6) is 5.75 Å². The molecule has 0 fully saturated rings. The second-order valence-electron chi connectivity index (χ2n) is 4.18. The Morgan fingerprint density at radius 2 is 2.13 bits per heavy atom. The van der Waals surface area contributed by atoms with Crippen LogP contribution in [0.15, 0.2) is 24.3 Å². The Hall–Kier alpha value is -1.24. The maximum Gasteiger partial charge on any atom is 0.123 e. The van der Waals surface area contributed by atoms with E-state index in [0.29, 0.717) is 5.75 Å². The van der Waals surface area contributed by atoms with Crippen LogP contribution in [0.25, 0.3) is 5.57 Å². The molecule has 0 saturated carbocycles. The third-order valence-corrected chi connectivity index (χ3v) is 3.11. The van der Waals surface area contributed by atoms with Gasteiger partial charge in [0.25, 0.3) is 0 Å². The first-order valence-electron chi connectivity index (χ1n) is 5.82. The minimum Gasteiger partial charge on any atom is -0.507 e. The van der Waals surface area contributed by atoms with Crippen LogP contribution in [0.1, 0.15) is 43.7 Å². The van der Waals surface area contributed by atoms with Crippen LogP contribution in [0.4, 0.5) is 0 Å². The van der Waals surface area contributed by atoms with Crippen LogP contribution in [-0.4, -0.2) is 5.11 Å². The summed E-state index contributed by atoms with van der Waals surface area (Å²) in [5.74, 6) is 0.447. The molecular formula is C14H18O. The molecule has 0 atom stereocenters. The minimum absolute atomic E-state index is 0.447. The van der Waals surface area contributed by atoms with Crippen molar-refractivity contribution in [1.82, 2.24) is 0 Å². The number of allylic oxidation sites excluding steroid dienone is 2. The molecule has 0 unspecified atom stereocenters. The predicted octanol–water partition coefficient (Wildman–Crippen LogP) is 3.91. The van der Waals surface area contributed by atoms with Gasteiger partial charge < -0.3 is 5.11 Å². The first-order valence-corrected chi connectivity index (χ1v) is 5.82. The molecule has 0 amide bonds. The lowest BCUT2D eigenvalue weighted by Gasteiger charge is -2.14. The molecular weight excluding hydrogens is 184 g/mol. The van der Waals surface area contributed by atoms with Gasteiger partial charge in [-0.1, -0.05) is 25.1 Å². The molecule has 80 valence electrons. The van der Waals surface area contributed by atoms with E-state index in [9.17, 15) is 5.11 Å². The van der Waals surface area contributed by atoms with Gasteiger partial charge in [0.15, 0.2) is 0 Å². The monoisotopic (exact) mass is 202 g/mol. The van der Waals surface area contributed by atoms with E-state index < -0.39 is 0 Å². The molecule has 1 aromatic rings. The average molecular weight is 202 g/mol. The number of aryl methyl sites for hydroxylation is 1. The van der Waals surface area contributed by atoms with Gasteiger partial charge in [0.2, 0.25) is 0 Å². The van der Waals surface area contributed by atoms with Gasteiger partial charge in [-0.05, 0) is 49.3 Å². The Morgan fingerprint density at radius 1 is 1.27 bits per heavy atom. The summed E-state index contributed by atoms with van der Waals surface area (Å²) >= 11 is 0. The van der Waals surface area contributed by atoms with Crippen molar-refractivity contribution in [3.8, 4) is 5.75 Å². The van der Waals surface area contributed by atoms with Crippen molar-refractivity contribution in [1.29, 1.82) is 0 Å². The predicted molar refractivity (Wildman–Crippen MR) is 63.9 cm³/mol. The van der Waals surface area contributed by atoms with Crippen LogP contribution in [0.2, 0.25) is 0 Å². The van der Waals surface area contributed by atoms with E-state index in [4.69, 9.17) is 0 Å². The third-order valence-electron chi connectivity index (χ3n) is 3.11. The second kappa shape index (κ2) is 4.52. The molecule has 0 radical (unpaired) electrons. The van der Waals surface area contributed by atoms with Gasteiger partial charge >= 0.3 is 0 Å². The highest BCUT2D eigenvalue weighted by Crippen LogP contribution is 2.32. The molecule has 1 aliphatic rings. The molecule has 1 N–H and O–H groups in total. The molecule has 0 heterocycles. The summed E-state index contributed by atoms with van der Waals surface area (Å²) in [5, 5.41) is 9.93. The third kappa shape index (κ3) is 2.23. The molecule has 1 aliphatic carbocycles. The number of aromatic hydroxyl groups is 1. The van der Waals surface area contributed by atoms with Crippen molar-refractivity contribution < 1.29 is 5.11 Å². The van der Waals surface area contributed by atoms with E-state index in [1.165, 1.54) is 24.0 Å². The summed E-state index contributed by atoms with van der Waals surface area (Å²) in [7, 11) is 0. The molecule has 0 aliphatic heterocycles. The quantitative estimate of drug-likeness (QED) is 0.770. The molecule has 0 bridgehead atoms. The molecule has 2 rings (SSSR count). The molecule has 0 aromatic heterocycles. The van der Waals surface area contributed by atoms with Gasteiger partial charge in [0.05, 0.1) is 0 Å². The van der Waals surface area contributed by atoms with Gasteiger partial charge in [-0.3, -0.25) is 0 Å². The van der Waals surface area contributed by atoms with E-state index in [2.05, 4.69) is 25.1 Å². The van der Waals surface area contributed by atoms with Gasteiger partial charge in [-0.2, -0.15) is 0 Å². The number of benzene rings is 1. The van der Waals surface area contributed by atoms with Crippen LogP contribution >= 0.6 is 0 Å². The van der Waals surface area contributed by atoms with Crippen molar-refractivity contribution >= 4 is 5.57 Å². The number of hydrogen-bond donors (Lipinski definition) is 1. The normalized spacial score (nSPS) is 16.2. The highest BCUT2D eigenvalue weighted by atomic mass is 16.3. The maximum atomic E-state index is 9.93. The van der Waals surface area contributed by atoms with Crippen LogP contribution in [0.3, 0.4) is 0 Å². The van der Waals surface area contributed by atoms with E-state index in [1.807, 2.05) is 6.07 Å². The molecule has 15 heavy (non-hydrogen) atoms. The van der Waals surface area contributed by atoms with Crippen LogP contribution in [0, 0.1) is 0 Å². The first-order chi connectivity index (χ1) is 7.31. The largest absolute Gasteiger partial charge is 0.507 e. The van der Waals surface area contributed by atoms with Crippen molar-refractivity contribution in [3.63, 3.8) is 0 Å². The Morgan fingerprint density at radius 3 is 2.73 bits per heavy atom. The van der Waals surface area contributed by atoms with Gasteiger partial charge in [0.1, 0.15) is 5.75 Å². The standard InChI is InChI=1S/C14H18O/c1-2-11-8-9-13(14(15)10-11)12-6-4-3-5-7-12/h6,8-10,15H,2-5,7H2,1H3. The Labute approximate surface area is 91.4 Å². The Balaban J connectivity index is 2.32. The zero-order valence-corrected chi connectivity index (χ0v) is 9.29. The van der Waals surface area contributed by atoms with Crippen molar-refractivity contribution in [3.05, 3.63) is 35.4 Å². The fourth-order valence-electron chi connectivity index (χ4n) is 2.15. The first kappa shape index (κ1) is 10.3. The van der Waals surface area contributed by atoms with Crippen LogP contribution in [-0.2, 0) is 6.42 Å². The highest BCUT2D eigenvalue weighted by molar-refractivity contribution is 5.71. The number of phenolic OH excluding ortho intramolecular Hbond substituents is 1. The zero-order valence-electron chi connectivity index (χ0n) is 9.29. The number of rotatable bonds is 2. The van der Waals surface area contributed by atoms with Gasteiger partial charge in [0, 0.05) is 5.56 Å². The molecule has 0 saturated heterocycles. The SMILES string of the molecule is CCc1ccc(C2=CCCCC2)c(O)c1. The fourth-order valence-corrected chi connectivity index (χ4v) is 2.15. The lowest BCUT2D eigenvalue weighted by atomic mass is 9.92. The Kier molecular flexibility index (Phi) is 3.10. The summed E-state index contributed by atoms with van der Waals surface area (Å²) in [6.07, 6.45) is 8.05. The molecule has 1 heteroatoms. The van der Waals surface area contributed by atoms with Crippen molar-refractivity contribution in [2.45, 2.75) is 39.0 Å². The van der Waals surface area contributed by atoms with Gasteiger partial charge in [-0.25, -0.2) is 0 Å². The topological polar surface area (TPSA) is 20.2 Å². The highest BCUT2D eigenvalue weighted by Gasteiger charge is 2.10. The Bertz CT molecular complexity index is 377. The summed E-state index contributed by atoms with van der Waals surface area (Å²) in [4.78, 5) is 0. The molecule has 1 aromatic carbocycles. The smallest absolute Gasteiger partial charge is 0.123 e. The maximum absolute atomic E-state index is 9.93.